The molecule has 6 heteroatoms. The number of nitrogens with one attached hydrogen (secondary N) is 1. The van der Waals surface area contributed by atoms with Gasteiger partial charge in [-0.15, -0.1) is 0 Å². The Bertz CT molecular complexity index is 452. The van der Waals surface area contributed by atoms with E-state index in [9.17, 15) is 18.3 Å². The van der Waals surface area contributed by atoms with E-state index < -0.39 is 16.0 Å². The van der Waals surface area contributed by atoms with Crippen molar-refractivity contribution in [1.29, 1.82) is 0 Å². The first-order valence-corrected chi connectivity index (χ1v) is 5.57. The normalized spacial score (nSPS) is 10.9. The average molecular weight is 214 g/mol. The first-order valence-electron chi connectivity index (χ1n) is 3.68. The van der Waals surface area contributed by atoms with Crippen LogP contribution in [-0.2, 0) is 10.0 Å². The largest absolute Gasteiger partial charge is 0.545 e. The van der Waals surface area contributed by atoms with E-state index in [4.69, 9.17) is 0 Å². The van der Waals surface area contributed by atoms with E-state index in [-0.39, 0.29) is 11.3 Å². The lowest BCUT2D eigenvalue weighted by Gasteiger charge is -2.06. The number of rotatable bonds is 3. The Kier molecular flexibility index (Phi) is 2.76. The first-order chi connectivity index (χ1) is 6.38. The lowest BCUT2D eigenvalue weighted by atomic mass is 10.2. The number of carbonyl (C=O) groups is 1. The minimum Gasteiger partial charge on any atom is -0.545 e. The SMILES string of the molecule is CS(=O)(=O)Nc1cccc(C(=O)[O-])c1. The molecule has 0 aliphatic carbocycles. The van der Waals surface area contributed by atoms with Gasteiger partial charge in [0.1, 0.15) is 0 Å². The summed E-state index contributed by atoms with van der Waals surface area (Å²) >= 11 is 0. The van der Waals surface area contributed by atoms with E-state index in [0.29, 0.717) is 0 Å². The van der Waals surface area contributed by atoms with Crippen molar-refractivity contribution < 1.29 is 18.3 Å². The van der Waals surface area contributed by atoms with Crippen LogP contribution in [0.2, 0.25) is 0 Å². The highest BCUT2D eigenvalue weighted by molar-refractivity contribution is 7.92. The maximum absolute atomic E-state index is 10.8. The smallest absolute Gasteiger partial charge is 0.229 e. The molecule has 0 aliphatic heterocycles. The number of carbonyl (C=O) groups excluding carboxylic acids is 1. The lowest BCUT2D eigenvalue weighted by Crippen LogP contribution is -2.22. The van der Waals surface area contributed by atoms with Crippen LogP contribution in [0, 0.1) is 0 Å². The van der Waals surface area contributed by atoms with Crippen LogP contribution in [-0.4, -0.2) is 20.6 Å². The van der Waals surface area contributed by atoms with Crippen molar-refractivity contribution in [3.05, 3.63) is 29.8 Å². The molecule has 0 atom stereocenters. The Hall–Kier alpha value is -1.56. The summed E-state index contributed by atoms with van der Waals surface area (Å²) in [6.45, 7) is 0. The highest BCUT2D eigenvalue weighted by Crippen LogP contribution is 2.10. The zero-order valence-electron chi connectivity index (χ0n) is 7.35. The molecule has 14 heavy (non-hydrogen) atoms. The number of sulfonamides is 1. The van der Waals surface area contributed by atoms with Crippen LogP contribution < -0.4 is 9.83 Å². The number of carboxylic acids is 1. The summed E-state index contributed by atoms with van der Waals surface area (Å²) in [5, 5.41) is 10.4. The predicted molar refractivity (Wildman–Crippen MR) is 49.2 cm³/mol. The molecule has 0 aliphatic rings. The third-order valence-electron chi connectivity index (χ3n) is 1.40. The van der Waals surface area contributed by atoms with Gasteiger partial charge in [-0.1, -0.05) is 12.1 Å². The lowest BCUT2D eigenvalue weighted by molar-refractivity contribution is -0.255. The van der Waals surface area contributed by atoms with Crippen LogP contribution in [0.3, 0.4) is 0 Å². The molecule has 1 aromatic carbocycles. The average Bonchev–Trinajstić information content (AvgIpc) is 2.01. The van der Waals surface area contributed by atoms with Crippen molar-refractivity contribution in [3.63, 3.8) is 0 Å². The maximum atomic E-state index is 10.8. The van der Waals surface area contributed by atoms with Crippen LogP contribution in [0.1, 0.15) is 10.4 Å². The minimum atomic E-state index is -3.38. The van der Waals surface area contributed by atoms with Crippen LogP contribution in [0.25, 0.3) is 0 Å². The summed E-state index contributed by atoms with van der Waals surface area (Å²) < 4.78 is 23.8. The maximum Gasteiger partial charge on any atom is 0.229 e. The molecular weight excluding hydrogens is 206 g/mol. The number of hydrogen-bond donors (Lipinski definition) is 1. The van der Waals surface area contributed by atoms with Crippen molar-refractivity contribution >= 4 is 21.7 Å². The van der Waals surface area contributed by atoms with Gasteiger partial charge >= 0.3 is 0 Å². The molecule has 0 spiro atoms. The zero-order valence-corrected chi connectivity index (χ0v) is 8.17. The second kappa shape index (κ2) is 3.67. The Balaban J connectivity index is 3.01. The molecule has 0 aromatic heterocycles. The quantitative estimate of drug-likeness (QED) is 0.729. The molecule has 5 nitrogen and oxygen atoms in total. The summed E-state index contributed by atoms with van der Waals surface area (Å²) in [6.07, 6.45) is 0.985. The standard InChI is InChI=1S/C8H9NO4S/c1-14(12,13)9-7-4-2-3-6(5-7)8(10)11/h2-5,9H,1H3,(H,10,11)/p-1. The van der Waals surface area contributed by atoms with E-state index in [1.54, 1.807) is 0 Å². The number of hydrogen-bond acceptors (Lipinski definition) is 4. The van der Waals surface area contributed by atoms with Crippen molar-refractivity contribution in [2.45, 2.75) is 0 Å². The topological polar surface area (TPSA) is 86.3 Å². The van der Waals surface area contributed by atoms with E-state index >= 15 is 0 Å². The summed E-state index contributed by atoms with van der Waals surface area (Å²) in [6, 6.07) is 5.39. The van der Waals surface area contributed by atoms with Crippen LogP contribution in [0.15, 0.2) is 24.3 Å². The Labute approximate surface area is 81.4 Å². The number of benzene rings is 1. The molecule has 0 radical (unpaired) electrons. The Morgan fingerprint density at radius 1 is 1.43 bits per heavy atom. The summed E-state index contributed by atoms with van der Waals surface area (Å²) in [5.41, 5.74) is 0.132. The van der Waals surface area contributed by atoms with Gasteiger partial charge in [-0.05, 0) is 17.7 Å². The second-order valence-corrected chi connectivity index (χ2v) is 4.49. The van der Waals surface area contributed by atoms with Crippen LogP contribution in [0.5, 0.6) is 0 Å². The van der Waals surface area contributed by atoms with Crippen molar-refractivity contribution in [2.75, 3.05) is 11.0 Å². The molecular formula is C8H8NO4S-. The Morgan fingerprint density at radius 3 is 2.57 bits per heavy atom. The van der Waals surface area contributed by atoms with Gasteiger partial charge in [-0.3, -0.25) is 4.72 Å². The van der Waals surface area contributed by atoms with E-state index in [0.717, 1.165) is 6.26 Å². The summed E-state index contributed by atoms with van der Waals surface area (Å²) in [5.74, 6) is -1.35. The van der Waals surface area contributed by atoms with Crippen LogP contribution >= 0.6 is 0 Å². The van der Waals surface area contributed by atoms with Gasteiger partial charge in [0.2, 0.25) is 10.0 Å². The van der Waals surface area contributed by atoms with Gasteiger partial charge in [0, 0.05) is 5.69 Å². The van der Waals surface area contributed by atoms with Gasteiger partial charge in [0.05, 0.1) is 12.2 Å². The fourth-order valence-corrected chi connectivity index (χ4v) is 1.48. The van der Waals surface area contributed by atoms with Gasteiger partial charge in [0.25, 0.3) is 0 Å². The van der Waals surface area contributed by atoms with E-state index in [1.807, 2.05) is 0 Å². The summed E-state index contributed by atoms with van der Waals surface area (Å²) in [7, 11) is -3.38. The minimum absolute atomic E-state index is 0.0707. The molecule has 1 rings (SSSR count). The molecule has 1 N–H and O–H groups in total. The number of anilines is 1. The molecule has 76 valence electrons. The third-order valence-corrected chi connectivity index (χ3v) is 2.01. The number of aromatic carboxylic acids is 1. The van der Waals surface area contributed by atoms with Gasteiger partial charge in [-0.25, -0.2) is 8.42 Å². The fraction of sp³-hybridized carbons (Fsp3) is 0.125. The zero-order chi connectivity index (χ0) is 10.8. The van der Waals surface area contributed by atoms with Gasteiger partial charge in [-0.2, -0.15) is 0 Å². The van der Waals surface area contributed by atoms with Gasteiger partial charge in [0.15, 0.2) is 0 Å². The van der Waals surface area contributed by atoms with Crippen molar-refractivity contribution in [3.8, 4) is 0 Å². The molecule has 0 unspecified atom stereocenters. The molecule has 0 bridgehead atoms. The first kappa shape index (κ1) is 10.5. The Morgan fingerprint density at radius 2 is 2.07 bits per heavy atom. The second-order valence-electron chi connectivity index (χ2n) is 2.74. The van der Waals surface area contributed by atoms with E-state index in [1.165, 1.54) is 24.3 Å². The number of carboxylic acid groups (broad SMARTS) is 1. The van der Waals surface area contributed by atoms with Gasteiger partial charge < -0.3 is 9.90 Å². The monoisotopic (exact) mass is 214 g/mol. The molecule has 0 heterocycles. The molecule has 1 aromatic rings. The molecule has 0 amide bonds. The fourth-order valence-electron chi connectivity index (χ4n) is 0.924. The highest BCUT2D eigenvalue weighted by atomic mass is 32.2. The van der Waals surface area contributed by atoms with Crippen molar-refractivity contribution in [2.24, 2.45) is 0 Å². The molecule has 0 fully saturated rings. The van der Waals surface area contributed by atoms with E-state index in [2.05, 4.69) is 4.72 Å². The van der Waals surface area contributed by atoms with Crippen LogP contribution in [0.4, 0.5) is 5.69 Å². The predicted octanol–water partition coefficient (Wildman–Crippen LogP) is -0.578. The highest BCUT2D eigenvalue weighted by Gasteiger charge is 2.02. The third kappa shape index (κ3) is 3.06. The molecule has 0 saturated heterocycles. The molecule has 0 saturated carbocycles. The van der Waals surface area contributed by atoms with Crippen molar-refractivity contribution in [1.82, 2.24) is 0 Å². The summed E-state index contributed by atoms with van der Waals surface area (Å²) in [4.78, 5) is 10.4.